The van der Waals surface area contributed by atoms with Crippen LogP contribution in [0, 0.1) is 0 Å². The topological polar surface area (TPSA) is 54.5 Å². The van der Waals surface area contributed by atoms with Crippen molar-refractivity contribution in [1.29, 1.82) is 0 Å². The molecule has 0 aliphatic heterocycles. The Hall–Kier alpha value is -1.36. The van der Waals surface area contributed by atoms with Crippen molar-refractivity contribution in [1.82, 2.24) is 4.90 Å². The maximum Gasteiger partial charge on any atom is 0.222 e. The number of hydrogen-bond donors (Lipinski definition) is 0. The van der Waals surface area contributed by atoms with Crippen LogP contribution in [0.15, 0.2) is 30.3 Å². The standard InChI is InChI=1S/C14H21NO3S/c1-12(13-8-5-4-6-9-13)19(17,18)11-7-10-14(16)15(2)3/h4-6,8-9,12H,7,10-11H2,1-3H3. The van der Waals surface area contributed by atoms with Crippen LogP contribution in [0.4, 0.5) is 0 Å². The van der Waals surface area contributed by atoms with Gasteiger partial charge >= 0.3 is 0 Å². The molecule has 0 spiro atoms. The zero-order valence-corrected chi connectivity index (χ0v) is 12.5. The molecule has 0 aliphatic carbocycles. The summed E-state index contributed by atoms with van der Waals surface area (Å²) in [5, 5.41) is -0.525. The Morgan fingerprint density at radius 2 is 1.79 bits per heavy atom. The van der Waals surface area contributed by atoms with E-state index in [1.54, 1.807) is 21.0 Å². The Balaban J connectivity index is 2.59. The molecule has 0 bridgehead atoms. The van der Waals surface area contributed by atoms with Crippen LogP contribution in [-0.4, -0.2) is 39.1 Å². The van der Waals surface area contributed by atoms with Crippen molar-refractivity contribution >= 4 is 15.7 Å². The minimum absolute atomic E-state index is 0.0393. The van der Waals surface area contributed by atoms with Crippen LogP contribution in [0.1, 0.15) is 30.6 Å². The summed E-state index contributed by atoms with van der Waals surface area (Å²) in [7, 11) is 0.135. The molecule has 1 atom stereocenters. The molecule has 1 aromatic rings. The van der Waals surface area contributed by atoms with Gasteiger partial charge in [0, 0.05) is 20.5 Å². The number of hydrogen-bond acceptors (Lipinski definition) is 3. The molecule has 4 nitrogen and oxygen atoms in total. The summed E-state index contributed by atoms with van der Waals surface area (Å²) in [6, 6.07) is 9.15. The lowest BCUT2D eigenvalue weighted by Crippen LogP contribution is -2.22. The summed E-state index contributed by atoms with van der Waals surface area (Å²) >= 11 is 0. The van der Waals surface area contributed by atoms with Gasteiger partial charge in [-0.2, -0.15) is 0 Å². The van der Waals surface area contributed by atoms with E-state index < -0.39 is 15.1 Å². The van der Waals surface area contributed by atoms with Gasteiger partial charge in [-0.15, -0.1) is 0 Å². The van der Waals surface area contributed by atoms with E-state index in [4.69, 9.17) is 0 Å². The number of rotatable bonds is 6. The van der Waals surface area contributed by atoms with Crippen LogP contribution in [0.25, 0.3) is 0 Å². The van der Waals surface area contributed by atoms with E-state index in [0.29, 0.717) is 6.42 Å². The summed E-state index contributed by atoms with van der Waals surface area (Å²) in [6.07, 6.45) is 0.643. The second-order valence-electron chi connectivity index (χ2n) is 4.81. The molecular weight excluding hydrogens is 262 g/mol. The predicted molar refractivity (Wildman–Crippen MR) is 76.6 cm³/mol. The SMILES string of the molecule is CC(c1ccccc1)S(=O)(=O)CCCC(=O)N(C)C. The minimum atomic E-state index is -3.21. The van der Waals surface area contributed by atoms with Crippen LogP contribution >= 0.6 is 0 Å². The third-order valence-corrected chi connectivity index (χ3v) is 5.33. The van der Waals surface area contributed by atoms with Crippen molar-refractivity contribution in [2.75, 3.05) is 19.8 Å². The van der Waals surface area contributed by atoms with Crippen molar-refractivity contribution in [3.63, 3.8) is 0 Å². The van der Waals surface area contributed by atoms with Gasteiger partial charge in [0.15, 0.2) is 9.84 Å². The van der Waals surface area contributed by atoms with E-state index in [9.17, 15) is 13.2 Å². The molecule has 0 heterocycles. The lowest BCUT2D eigenvalue weighted by Gasteiger charge is -2.14. The first-order valence-electron chi connectivity index (χ1n) is 6.31. The van der Waals surface area contributed by atoms with Crippen molar-refractivity contribution < 1.29 is 13.2 Å². The number of sulfone groups is 1. The second-order valence-corrected chi connectivity index (χ2v) is 7.25. The smallest absolute Gasteiger partial charge is 0.222 e. The van der Waals surface area contributed by atoms with Crippen LogP contribution in [-0.2, 0) is 14.6 Å². The molecule has 0 radical (unpaired) electrons. The maximum atomic E-state index is 12.2. The average Bonchev–Trinajstić information content (AvgIpc) is 2.38. The molecule has 1 aromatic carbocycles. The zero-order chi connectivity index (χ0) is 14.5. The fourth-order valence-electron chi connectivity index (χ4n) is 1.76. The Morgan fingerprint density at radius 1 is 1.21 bits per heavy atom. The maximum absolute atomic E-state index is 12.2. The van der Waals surface area contributed by atoms with Gasteiger partial charge < -0.3 is 4.90 Å². The Labute approximate surface area is 115 Å². The molecule has 1 amide bonds. The molecule has 106 valence electrons. The Morgan fingerprint density at radius 3 is 2.32 bits per heavy atom. The molecule has 1 unspecified atom stereocenters. The van der Waals surface area contributed by atoms with Gasteiger partial charge in [0.05, 0.1) is 11.0 Å². The van der Waals surface area contributed by atoms with Crippen LogP contribution in [0.2, 0.25) is 0 Å². The zero-order valence-electron chi connectivity index (χ0n) is 11.7. The predicted octanol–water partition coefficient (Wildman–Crippen LogP) is 2.03. The monoisotopic (exact) mass is 283 g/mol. The van der Waals surface area contributed by atoms with Gasteiger partial charge in [0.1, 0.15) is 0 Å². The molecule has 0 saturated heterocycles. The summed E-state index contributed by atoms with van der Waals surface area (Å²) in [5.74, 6) is 0.00499. The van der Waals surface area contributed by atoms with Crippen LogP contribution in [0.5, 0.6) is 0 Å². The molecule has 5 heteroatoms. The normalized spacial score (nSPS) is 13.0. The minimum Gasteiger partial charge on any atom is -0.349 e. The second kappa shape index (κ2) is 6.70. The van der Waals surface area contributed by atoms with Gasteiger partial charge in [-0.25, -0.2) is 8.42 Å². The van der Waals surface area contributed by atoms with E-state index in [-0.39, 0.29) is 18.1 Å². The third-order valence-electron chi connectivity index (χ3n) is 3.13. The van der Waals surface area contributed by atoms with Gasteiger partial charge in [-0.3, -0.25) is 4.79 Å². The van der Waals surface area contributed by atoms with Gasteiger partial charge in [0.2, 0.25) is 5.91 Å². The van der Waals surface area contributed by atoms with E-state index in [0.717, 1.165) is 5.56 Å². The number of nitrogens with zero attached hydrogens (tertiary/aromatic N) is 1. The lowest BCUT2D eigenvalue weighted by atomic mass is 10.2. The Bertz CT molecular complexity index is 509. The largest absolute Gasteiger partial charge is 0.349 e. The highest BCUT2D eigenvalue weighted by Crippen LogP contribution is 2.22. The number of carbonyl (C=O) groups is 1. The lowest BCUT2D eigenvalue weighted by molar-refractivity contribution is -0.128. The number of amides is 1. The summed E-state index contributed by atoms with van der Waals surface area (Å²) in [6.45, 7) is 1.69. The van der Waals surface area contributed by atoms with E-state index in [1.807, 2.05) is 30.3 Å². The molecule has 0 N–H and O–H groups in total. The molecule has 0 saturated carbocycles. The van der Waals surface area contributed by atoms with Crippen LogP contribution < -0.4 is 0 Å². The average molecular weight is 283 g/mol. The highest BCUT2D eigenvalue weighted by Gasteiger charge is 2.22. The first kappa shape index (κ1) is 15.7. The molecular formula is C14H21NO3S. The molecule has 0 aromatic heterocycles. The number of carbonyl (C=O) groups excluding carboxylic acids is 1. The van der Waals surface area contributed by atoms with Gasteiger partial charge in [-0.05, 0) is 18.9 Å². The highest BCUT2D eigenvalue weighted by molar-refractivity contribution is 7.91. The van der Waals surface area contributed by atoms with Crippen molar-refractivity contribution in [3.05, 3.63) is 35.9 Å². The first-order chi connectivity index (χ1) is 8.84. The first-order valence-corrected chi connectivity index (χ1v) is 8.03. The van der Waals surface area contributed by atoms with Crippen molar-refractivity contribution in [3.8, 4) is 0 Å². The summed E-state index contributed by atoms with van der Waals surface area (Å²) in [5.41, 5.74) is 0.793. The third kappa shape index (κ3) is 4.67. The fraction of sp³-hybridized carbons (Fsp3) is 0.500. The van der Waals surface area contributed by atoms with E-state index in [2.05, 4.69) is 0 Å². The Kier molecular flexibility index (Phi) is 5.54. The fourth-order valence-corrected chi connectivity index (χ4v) is 3.23. The van der Waals surface area contributed by atoms with Crippen molar-refractivity contribution in [2.45, 2.75) is 25.0 Å². The quantitative estimate of drug-likeness (QED) is 0.802. The highest BCUT2D eigenvalue weighted by atomic mass is 32.2. The number of benzene rings is 1. The van der Waals surface area contributed by atoms with Gasteiger partial charge in [0.25, 0.3) is 0 Å². The van der Waals surface area contributed by atoms with Crippen LogP contribution in [0.3, 0.4) is 0 Å². The molecule has 19 heavy (non-hydrogen) atoms. The summed E-state index contributed by atoms with van der Waals surface area (Å²) < 4.78 is 24.3. The molecule has 1 rings (SSSR count). The summed E-state index contributed by atoms with van der Waals surface area (Å²) in [4.78, 5) is 12.9. The van der Waals surface area contributed by atoms with Crippen molar-refractivity contribution in [2.24, 2.45) is 0 Å². The van der Waals surface area contributed by atoms with E-state index >= 15 is 0 Å². The molecule has 0 fully saturated rings. The van der Waals surface area contributed by atoms with E-state index in [1.165, 1.54) is 4.90 Å². The molecule has 0 aliphatic rings. The van der Waals surface area contributed by atoms with Gasteiger partial charge in [-0.1, -0.05) is 30.3 Å².